The van der Waals surface area contributed by atoms with Crippen LogP contribution < -0.4 is 4.74 Å². The van der Waals surface area contributed by atoms with Gasteiger partial charge in [-0.1, -0.05) is 45.4 Å². The molecule has 16 heteroatoms. The Bertz CT molecular complexity index is 1150. The number of aryl methyl sites for hydroxylation is 1. The summed E-state index contributed by atoms with van der Waals surface area (Å²) < 4.78 is 154. The van der Waals surface area contributed by atoms with E-state index in [-0.39, 0.29) is 13.0 Å². The highest BCUT2D eigenvalue weighted by molar-refractivity contribution is 5.55. The molecule has 0 saturated carbocycles. The highest BCUT2D eigenvalue weighted by Gasteiger charge is 2.83. The number of benzene rings is 1. The average molecular weight is 683 g/mol. The maximum atomic E-state index is 13.5. The van der Waals surface area contributed by atoms with E-state index >= 15 is 0 Å². The Labute approximate surface area is 259 Å². The van der Waals surface area contributed by atoms with Gasteiger partial charge < -0.3 is 9.47 Å². The van der Waals surface area contributed by atoms with Crippen molar-refractivity contribution < 1.29 is 62.5 Å². The Kier molecular flexibility index (Phi) is 14.9. The van der Waals surface area contributed by atoms with Crippen molar-refractivity contribution in [2.75, 3.05) is 19.8 Å². The van der Waals surface area contributed by atoms with Crippen molar-refractivity contribution in [2.45, 2.75) is 108 Å². The maximum absolute atomic E-state index is 13.5. The molecule has 0 aliphatic carbocycles. The fraction of sp³-hybridized carbons (Fsp3) is 0.667. The first-order valence-electron chi connectivity index (χ1n) is 14.8. The predicted molar refractivity (Wildman–Crippen MR) is 146 cm³/mol. The highest BCUT2D eigenvalue weighted by Crippen LogP contribution is 2.54. The van der Waals surface area contributed by atoms with Gasteiger partial charge in [-0.3, -0.25) is 0 Å². The molecule has 1 aromatic heterocycles. The zero-order valence-electron chi connectivity index (χ0n) is 25.1. The van der Waals surface area contributed by atoms with E-state index in [0.29, 0.717) is 24.4 Å². The van der Waals surface area contributed by atoms with E-state index in [9.17, 15) is 48.3 Å². The molecule has 2 aromatic rings. The molecule has 0 fully saturated rings. The van der Waals surface area contributed by atoms with Crippen molar-refractivity contribution in [1.29, 1.82) is 0 Å². The third-order valence-electron chi connectivity index (χ3n) is 6.75. The number of hydrogen-bond donors (Lipinski definition) is 0. The smallest absolute Gasteiger partial charge is 0.460 e. The van der Waals surface area contributed by atoms with Gasteiger partial charge in [0.1, 0.15) is 12.4 Å². The summed E-state index contributed by atoms with van der Waals surface area (Å²) in [4.78, 5) is 8.86. The van der Waals surface area contributed by atoms with Gasteiger partial charge in [0.2, 0.25) is 0 Å². The van der Waals surface area contributed by atoms with Crippen molar-refractivity contribution in [3.8, 4) is 17.1 Å². The second kappa shape index (κ2) is 17.4. The first-order chi connectivity index (χ1) is 21.4. The molecule has 46 heavy (non-hydrogen) atoms. The number of halogens is 11. The minimum absolute atomic E-state index is 0.0728. The van der Waals surface area contributed by atoms with Crippen LogP contribution in [0.4, 0.5) is 48.3 Å². The third kappa shape index (κ3) is 11.8. The SMILES string of the molecule is CCCCCCCCCc1cnc(-c2ccc(OCCCCCOCC(F)(F)OC(F)(F)C(F)(F)C(F)(F)C(F)(F)F)cc2)nc1. The van der Waals surface area contributed by atoms with Gasteiger partial charge >= 0.3 is 30.2 Å². The van der Waals surface area contributed by atoms with Crippen LogP contribution in [0.15, 0.2) is 36.7 Å². The number of nitrogens with zero attached hydrogens (tertiary/aromatic N) is 2. The summed E-state index contributed by atoms with van der Waals surface area (Å²) in [5.74, 6) is -13.6. The van der Waals surface area contributed by atoms with E-state index in [0.717, 1.165) is 24.0 Å². The topological polar surface area (TPSA) is 53.5 Å². The predicted octanol–water partition coefficient (Wildman–Crippen LogP) is 10.0. The quantitative estimate of drug-likeness (QED) is 0.0914. The number of rotatable bonds is 22. The summed E-state index contributed by atoms with van der Waals surface area (Å²) in [6.07, 6.45) is -5.43. The lowest BCUT2D eigenvalue weighted by Crippen LogP contribution is -2.63. The molecule has 0 aliphatic heterocycles. The molecule has 0 radical (unpaired) electrons. The Morgan fingerprint density at radius 1 is 0.630 bits per heavy atom. The third-order valence-corrected chi connectivity index (χ3v) is 6.75. The van der Waals surface area contributed by atoms with Gasteiger partial charge in [-0.25, -0.2) is 14.7 Å². The fourth-order valence-electron chi connectivity index (χ4n) is 4.13. The molecule has 0 spiro atoms. The minimum Gasteiger partial charge on any atom is -0.494 e. The Hall–Kier alpha value is -2.75. The molecule has 0 aliphatic rings. The van der Waals surface area contributed by atoms with Gasteiger partial charge in [0, 0.05) is 24.6 Å². The monoisotopic (exact) mass is 682 g/mol. The van der Waals surface area contributed by atoms with Gasteiger partial charge in [0.25, 0.3) is 0 Å². The minimum atomic E-state index is -7.35. The van der Waals surface area contributed by atoms with Gasteiger partial charge in [0.15, 0.2) is 5.82 Å². The van der Waals surface area contributed by atoms with Crippen molar-refractivity contribution >= 4 is 0 Å². The number of hydrogen-bond acceptors (Lipinski definition) is 5. The summed E-state index contributed by atoms with van der Waals surface area (Å²) in [5.41, 5.74) is 1.85. The number of alkyl halides is 11. The van der Waals surface area contributed by atoms with Crippen LogP contribution in [0, 0.1) is 0 Å². The number of unbranched alkanes of at least 4 members (excludes halogenated alkanes) is 8. The van der Waals surface area contributed by atoms with Gasteiger partial charge in [-0.05, 0) is 61.9 Å². The molecule has 1 aromatic carbocycles. The molecule has 2 rings (SSSR count). The maximum Gasteiger partial charge on any atom is 0.460 e. The Morgan fingerprint density at radius 2 is 1.17 bits per heavy atom. The first kappa shape index (κ1) is 39.4. The summed E-state index contributed by atoms with van der Waals surface area (Å²) in [6, 6.07) is 6.97. The molecule has 5 nitrogen and oxygen atoms in total. The van der Waals surface area contributed by atoms with E-state index in [1.807, 2.05) is 12.4 Å². The second-order valence-corrected chi connectivity index (χ2v) is 10.7. The zero-order valence-corrected chi connectivity index (χ0v) is 25.1. The molecule has 262 valence electrons. The van der Waals surface area contributed by atoms with Gasteiger partial charge in [-0.15, -0.1) is 0 Å². The summed E-state index contributed by atoms with van der Waals surface area (Å²) >= 11 is 0. The normalized spacial score (nSPS) is 13.3. The molecule has 0 atom stereocenters. The first-order valence-corrected chi connectivity index (χ1v) is 14.8. The standard InChI is InChI=1S/C30H37F11N2O3/c1-2-3-4-5-6-7-9-12-22-19-42-25(43-20-22)23-13-15-24(16-14-23)45-18-11-8-10-17-44-21-26(31,32)46-30(40,41)28(35,36)27(33,34)29(37,38)39/h13-16,19-20H,2-12,17-18,21H2,1H3. The summed E-state index contributed by atoms with van der Waals surface area (Å²) in [7, 11) is 0. The molecule has 0 amide bonds. The van der Waals surface area contributed by atoms with Crippen LogP contribution in [0.5, 0.6) is 5.75 Å². The van der Waals surface area contributed by atoms with Crippen molar-refractivity contribution in [1.82, 2.24) is 9.97 Å². The van der Waals surface area contributed by atoms with Crippen LogP contribution in [-0.4, -0.2) is 60.0 Å². The fourth-order valence-corrected chi connectivity index (χ4v) is 4.13. The lowest BCUT2D eigenvalue weighted by molar-refractivity contribution is -0.484. The van der Waals surface area contributed by atoms with E-state index < -0.39 is 43.5 Å². The lowest BCUT2D eigenvalue weighted by atomic mass is 10.1. The molecule has 0 N–H and O–H groups in total. The molecule has 0 unspecified atom stereocenters. The van der Waals surface area contributed by atoms with Crippen molar-refractivity contribution in [2.24, 2.45) is 0 Å². The zero-order chi connectivity index (χ0) is 34.5. The molecule has 0 bridgehead atoms. The number of ether oxygens (including phenoxy) is 3. The van der Waals surface area contributed by atoms with Gasteiger partial charge in [0.05, 0.1) is 6.61 Å². The molecular formula is C30H37F11N2O3. The van der Waals surface area contributed by atoms with E-state index in [2.05, 4.69) is 26.4 Å². The second-order valence-electron chi connectivity index (χ2n) is 10.7. The van der Waals surface area contributed by atoms with Crippen LogP contribution in [0.2, 0.25) is 0 Å². The van der Waals surface area contributed by atoms with Crippen LogP contribution in [0.3, 0.4) is 0 Å². The van der Waals surface area contributed by atoms with E-state index in [1.54, 1.807) is 24.3 Å². The van der Waals surface area contributed by atoms with E-state index in [4.69, 9.17) is 4.74 Å². The van der Waals surface area contributed by atoms with Crippen LogP contribution in [-0.2, 0) is 15.9 Å². The highest BCUT2D eigenvalue weighted by atomic mass is 19.4. The molecular weight excluding hydrogens is 645 g/mol. The lowest BCUT2D eigenvalue weighted by Gasteiger charge is -2.34. The Balaban J connectivity index is 1.65. The largest absolute Gasteiger partial charge is 0.494 e. The Morgan fingerprint density at radius 3 is 1.76 bits per heavy atom. The average Bonchev–Trinajstić information content (AvgIpc) is 2.97. The molecule has 1 heterocycles. The van der Waals surface area contributed by atoms with Crippen LogP contribution in [0.1, 0.15) is 76.7 Å². The van der Waals surface area contributed by atoms with Crippen LogP contribution in [0.25, 0.3) is 11.4 Å². The van der Waals surface area contributed by atoms with E-state index in [1.165, 1.54) is 38.5 Å². The van der Waals surface area contributed by atoms with Crippen molar-refractivity contribution in [3.05, 3.63) is 42.2 Å². The summed E-state index contributed by atoms with van der Waals surface area (Å²) in [5, 5.41) is 0. The van der Waals surface area contributed by atoms with Crippen molar-refractivity contribution in [3.63, 3.8) is 0 Å². The summed E-state index contributed by atoms with van der Waals surface area (Å²) in [6.45, 7) is -0.203. The van der Waals surface area contributed by atoms with Gasteiger partial charge in [-0.2, -0.15) is 48.3 Å². The number of aromatic nitrogens is 2. The van der Waals surface area contributed by atoms with Crippen LogP contribution >= 0.6 is 0 Å². The molecule has 0 saturated heterocycles.